The molecule has 0 aliphatic carbocycles. The molecule has 3 rings (SSSR count). The van der Waals surface area contributed by atoms with Gasteiger partial charge in [-0.15, -0.1) is 10.2 Å². The second-order valence-corrected chi connectivity index (χ2v) is 6.09. The number of aryl methyl sites for hydroxylation is 1. The molecule has 0 saturated heterocycles. The van der Waals surface area contributed by atoms with E-state index >= 15 is 0 Å². The van der Waals surface area contributed by atoms with Gasteiger partial charge in [0.1, 0.15) is 5.82 Å². The maximum atomic E-state index is 13.4. The molecule has 0 saturated carbocycles. The Morgan fingerprint density at radius 1 is 1.19 bits per heavy atom. The number of rotatable bonds is 7. The fourth-order valence-electron chi connectivity index (χ4n) is 2.70. The fourth-order valence-corrected chi connectivity index (χ4v) is 2.70. The average Bonchev–Trinajstić information content (AvgIpc) is 3.07. The first-order valence-corrected chi connectivity index (χ1v) is 8.68. The molecule has 0 bridgehead atoms. The Balaban J connectivity index is 1.79. The van der Waals surface area contributed by atoms with Crippen LogP contribution >= 0.6 is 0 Å². The molecule has 0 atom stereocenters. The summed E-state index contributed by atoms with van der Waals surface area (Å²) in [4.78, 5) is 24.2. The van der Waals surface area contributed by atoms with Crippen LogP contribution in [0.2, 0.25) is 0 Å². The molecular formula is C18H19F2N5O2. The number of benzene rings is 1. The van der Waals surface area contributed by atoms with Crippen LogP contribution in [0, 0.1) is 11.6 Å². The summed E-state index contributed by atoms with van der Waals surface area (Å²) in [5.41, 5.74) is -0.228. The summed E-state index contributed by atoms with van der Waals surface area (Å²) in [5, 5.41) is 10.7. The third-order valence-electron chi connectivity index (χ3n) is 4.10. The molecule has 3 aromatic rings. The van der Waals surface area contributed by atoms with E-state index < -0.39 is 17.2 Å². The number of amides is 1. The van der Waals surface area contributed by atoms with Crippen LogP contribution in [-0.2, 0) is 11.2 Å². The number of aromatic nitrogens is 4. The summed E-state index contributed by atoms with van der Waals surface area (Å²) in [5.74, 6) is -1.49. The quantitative estimate of drug-likeness (QED) is 0.685. The van der Waals surface area contributed by atoms with Crippen LogP contribution < -0.4 is 10.9 Å². The molecule has 2 aromatic heterocycles. The van der Waals surface area contributed by atoms with Crippen LogP contribution in [0.25, 0.3) is 11.3 Å². The van der Waals surface area contributed by atoms with Gasteiger partial charge in [0.25, 0.3) is 0 Å². The number of nitrogens with one attached hydrogen (secondary N) is 1. The monoisotopic (exact) mass is 375 g/mol. The first-order chi connectivity index (χ1) is 13.0. The maximum absolute atomic E-state index is 13.4. The Labute approximate surface area is 153 Å². The van der Waals surface area contributed by atoms with Crippen molar-refractivity contribution in [2.45, 2.75) is 32.6 Å². The molecule has 0 unspecified atom stereocenters. The summed E-state index contributed by atoms with van der Waals surface area (Å²) in [7, 11) is 0. The molecule has 9 heteroatoms. The van der Waals surface area contributed by atoms with E-state index in [1.54, 1.807) is 10.6 Å². The number of nitrogens with zero attached hydrogens (tertiary/aromatic N) is 4. The molecule has 0 spiro atoms. The van der Waals surface area contributed by atoms with Crippen molar-refractivity contribution in [3.05, 3.63) is 58.4 Å². The second kappa shape index (κ2) is 8.07. The normalized spacial score (nSPS) is 11.1. The molecule has 27 heavy (non-hydrogen) atoms. The van der Waals surface area contributed by atoms with E-state index in [0.29, 0.717) is 31.6 Å². The molecule has 142 valence electrons. The molecule has 7 nitrogen and oxygen atoms in total. The smallest absolute Gasteiger partial charge is 0.300 e. The number of fused-ring (bicyclic) bond motifs is 1. The summed E-state index contributed by atoms with van der Waals surface area (Å²) in [6.07, 6.45) is 5.33. The first kappa shape index (κ1) is 18.7. The summed E-state index contributed by atoms with van der Waals surface area (Å²) in [6.45, 7) is 2.63. The van der Waals surface area contributed by atoms with Crippen molar-refractivity contribution >= 4 is 11.6 Å². The lowest BCUT2D eigenvalue weighted by atomic mass is 10.2. The highest BCUT2D eigenvalue weighted by molar-refractivity contribution is 5.75. The predicted molar refractivity (Wildman–Crippen MR) is 94.7 cm³/mol. The Morgan fingerprint density at radius 3 is 2.74 bits per heavy atom. The Bertz CT molecular complexity index is 1030. The van der Waals surface area contributed by atoms with Gasteiger partial charge in [-0.2, -0.15) is 0 Å². The van der Waals surface area contributed by atoms with Gasteiger partial charge in [-0.1, -0.05) is 6.92 Å². The fraction of sp³-hybridized carbons (Fsp3) is 0.333. The topological polar surface area (TPSA) is 81.3 Å². The number of carbonyl (C=O) groups is 1. The number of carbonyl (C=O) groups excluding carboxylic acids is 1. The molecule has 0 aliphatic heterocycles. The van der Waals surface area contributed by atoms with Gasteiger partial charge < -0.3 is 5.32 Å². The average molecular weight is 375 g/mol. The van der Waals surface area contributed by atoms with Crippen molar-refractivity contribution in [3.8, 4) is 5.69 Å². The van der Waals surface area contributed by atoms with Gasteiger partial charge in [0.2, 0.25) is 11.6 Å². The van der Waals surface area contributed by atoms with Crippen LogP contribution in [0.4, 0.5) is 8.78 Å². The van der Waals surface area contributed by atoms with Crippen LogP contribution in [0.3, 0.4) is 0 Å². The minimum Gasteiger partial charge on any atom is -0.356 e. The molecule has 1 amide bonds. The van der Waals surface area contributed by atoms with Gasteiger partial charge in [0.15, 0.2) is 11.6 Å². The van der Waals surface area contributed by atoms with Crippen LogP contribution in [-0.4, -0.2) is 31.6 Å². The van der Waals surface area contributed by atoms with Crippen molar-refractivity contribution in [1.29, 1.82) is 0 Å². The molecule has 0 fully saturated rings. The van der Waals surface area contributed by atoms with Crippen molar-refractivity contribution in [3.63, 3.8) is 0 Å². The Hall–Kier alpha value is -3.10. The maximum Gasteiger partial charge on any atom is 0.300 e. The minimum atomic E-state index is -1.04. The van der Waals surface area contributed by atoms with Crippen molar-refractivity contribution in [2.75, 3.05) is 6.54 Å². The van der Waals surface area contributed by atoms with E-state index in [2.05, 4.69) is 15.5 Å². The van der Waals surface area contributed by atoms with Crippen molar-refractivity contribution in [2.24, 2.45) is 0 Å². The highest BCUT2D eigenvalue weighted by atomic mass is 19.2. The molecule has 0 aliphatic rings. The van der Waals surface area contributed by atoms with E-state index in [1.165, 1.54) is 16.8 Å². The third-order valence-corrected chi connectivity index (χ3v) is 4.10. The van der Waals surface area contributed by atoms with Gasteiger partial charge >= 0.3 is 5.56 Å². The second-order valence-electron chi connectivity index (χ2n) is 6.09. The Kier molecular flexibility index (Phi) is 5.58. The van der Waals surface area contributed by atoms with Gasteiger partial charge in [0.05, 0.1) is 5.69 Å². The largest absolute Gasteiger partial charge is 0.356 e. The van der Waals surface area contributed by atoms with Crippen LogP contribution in [0.15, 0.2) is 35.4 Å². The van der Waals surface area contributed by atoms with Gasteiger partial charge in [0, 0.05) is 37.8 Å². The van der Waals surface area contributed by atoms with Crippen molar-refractivity contribution < 1.29 is 13.6 Å². The van der Waals surface area contributed by atoms with E-state index in [1.807, 2.05) is 6.92 Å². The minimum absolute atomic E-state index is 0.0219. The Morgan fingerprint density at radius 2 is 2.00 bits per heavy atom. The molecule has 0 radical (unpaired) electrons. The molecule has 2 heterocycles. The number of halogens is 2. The van der Waals surface area contributed by atoms with Gasteiger partial charge in [-0.3, -0.25) is 18.6 Å². The van der Waals surface area contributed by atoms with Crippen LogP contribution in [0.1, 0.15) is 32.0 Å². The summed E-state index contributed by atoms with van der Waals surface area (Å²) >= 11 is 0. The summed E-state index contributed by atoms with van der Waals surface area (Å²) < 4.78 is 29.3. The van der Waals surface area contributed by atoms with Crippen molar-refractivity contribution in [1.82, 2.24) is 24.5 Å². The van der Waals surface area contributed by atoms with Gasteiger partial charge in [-0.25, -0.2) is 8.78 Å². The molecule has 1 aromatic carbocycles. The summed E-state index contributed by atoms with van der Waals surface area (Å²) in [6, 6.07) is 3.21. The predicted octanol–water partition coefficient (Wildman–Crippen LogP) is 2.01. The van der Waals surface area contributed by atoms with Crippen LogP contribution in [0.5, 0.6) is 0 Å². The van der Waals surface area contributed by atoms with E-state index in [0.717, 1.165) is 18.6 Å². The number of hydrogen-bond acceptors (Lipinski definition) is 4. The lowest BCUT2D eigenvalue weighted by Crippen LogP contribution is -2.23. The van der Waals surface area contributed by atoms with E-state index in [4.69, 9.17) is 0 Å². The highest BCUT2D eigenvalue weighted by Gasteiger charge is 2.13. The highest BCUT2D eigenvalue weighted by Crippen LogP contribution is 2.12. The molecular weight excluding hydrogens is 356 g/mol. The number of hydrogen-bond donors (Lipinski definition) is 1. The standard InChI is InChI=1S/C18H19F2N5O2/c1-2-8-21-16(26)5-3-4-15-22-23-17-18(27)24(9-10-25(15)17)12-6-7-13(19)14(20)11-12/h6-7,9-11H,2-5,8H2,1H3,(H,21,26). The van der Waals surface area contributed by atoms with Gasteiger partial charge in [-0.05, 0) is 25.0 Å². The lowest BCUT2D eigenvalue weighted by Gasteiger charge is -2.07. The third kappa shape index (κ3) is 4.02. The first-order valence-electron chi connectivity index (χ1n) is 8.68. The zero-order valence-corrected chi connectivity index (χ0v) is 14.8. The lowest BCUT2D eigenvalue weighted by molar-refractivity contribution is -0.121. The SMILES string of the molecule is CCCNC(=O)CCCc1nnc2c(=O)n(-c3ccc(F)c(F)c3)ccn12. The zero-order chi connectivity index (χ0) is 19.4. The van der Waals surface area contributed by atoms with E-state index in [9.17, 15) is 18.4 Å². The molecule has 1 N–H and O–H groups in total. The van der Waals surface area contributed by atoms with E-state index in [-0.39, 0.29) is 17.2 Å². The zero-order valence-electron chi connectivity index (χ0n) is 14.8.